The van der Waals surface area contributed by atoms with Gasteiger partial charge in [0.25, 0.3) is 0 Å². The molecule has 1 heterocycles. The summed E-state index contributed by atoms with van der Waals surface area (Å²) in [6, 6.07) is 4.95. The topological polar surface area (TPSA) is 35.5 Å². The molecule has 5 heteroatoms. The SMILES string of the molecule is CC(CO)(c1ccc(F)c(Br)c1)N1CCNCC1. The molecular weight excluding hydrogens is 299 g/mol. The van der Waals surface area contributed by atoms with E-state index in [1.165, 1.54) is 6.07 Å². The highest BCUT2D eigenvalue weighted by Crippen LogP contribution is 2.30. The number of aliphatic hydroxyl groups is 1. The Balaban J connectivity index is 2.32. The number of hydrogen-bond acceptors (Lipinski definition) is 3. The minimum atomic E-state index is -0.460. The van der Waals surface area contributed by atoms with E-state index in [-0.39, 0.29) is 12.4 Å². The third-order valence-corrected chi connectivity index (χ3v) is 4.27. The Bertz CT molecular complexity index is 423. The van der Waals surface area contributed by atoms with Crippen LogP contribution in [0.3, 0.4) is 0 Å². The number of piperazine rings is 1. The molecule has 1 unspecified atom stereocenters. The molecule has 18 heavy (non-hydrogen) atoms. The predicted octanol–water partition coefficient (Wildman–Crippen LogP) is 1.70. The monoisotopic (exact) mass is 316 g/mol. The van der Waals surface area contributed by atoms with Gasteiger partial charge in [0.1, 0.15) is 5.82 Å². The van der Waals surface area contributed by atoms with Crippen LogP contribution < -0.4 is 5.32 Å². The first-order valence-corrected chi connectivity index (χ1v) is 6.89. The fourth-order valence-electron chi connectivity index (χ4n) is 2.36. The number of nitrogens with one attached hydrogen (secondary N) is 1. The zero-order valence-electron chi connectivity index (χ0n) is 10.4. The maximum Gasteiger partial charge on any atom is 0.137 e. The lowest BCUT2D eigenvalue weighted by molar-refractivity contribution is 0.0310. The van der Waals surface area contributed by atoms with Gasteiger partial charge in [-0.3, -0.25) is 4.90 Å². The van der Waals surface area contributed by atoms with Crippen molar-refractivity contribution in [2.24, 2.45) is 0 Å². The van der Waals surface area contributed by atoms with Gasteiger partial charge in [-0.05, 0) is 40.5 Å². The van der Waals surface area contributed by atoms with Crippen molar-refractivity contribution in [1.82, 2.24) is 10.2 Å². The molecule has 0 aliphatic carbocycles. The van der Waals surface area contributed by atoms with Crippen molar-refractivity contribution in [2.45, 2.75) is 12.5 Å². The lowest BCUT2D eigenvalue weighted by atomic mass is 9.90. The first kappa shape index (κ1) is 13.9. The van der Waals surface area contributed by atoms with Crippen molar-refractivity contribution in [3.8, 4) is 0 Å². The van der Waals surface area contributed by atoms with Gasteiger partial charge in [0.15, 0.2) is 0 Å². The summed E-state index contributed by atoms with van der Waals surface area (Å²) in [4.78, 5) is 2.24. The van der Waals surface area contributed by atoms with Crippen molar-refractivity contribution < 1.29 is 9.50 Å². The van der Waals surface area contributed by atoms with E-state index in [4.69, 9.17) is 0 Å². The van der Waals surface area contributed by atoms with Gasteiger partial charge in [0.05, 0.1) is 16.6 Å². The summed E-state index contributed by atoms with van der Waals surface area (Å²) in [6.07, 6.45) is 0. The number of nitrogens with zero attached hydrogens (tertiary/aromatic N) is 1. The molecule has 2 N–H and O–H groups in total. The van der Waals surface area contributed by atoms with E-state index in [9.17, 15) is 9.50 Å². The van der Waals surface area contributed by atoms with Gasteiger partial charge in [-0.2, -0.15) is 0 Å². The van der Waals surface area contributed by atoms with Crippen molar-refractivity contribution >= 4 is 15.9 Å². The van der Waals surface area contributed by atoms with Crippen molar-refractivity contribution in [3.63, 3.8) is 0 Å². The van der Waals surface area contributed by atoms with Crippen molar-refractivity contribution in [2.75, 3.05) is 32.8 Å². The van der Waals surface area contributed by atoms with Crippen LogP contribution in [0.2, 0.25) is 0 Å². The van der Waals surface area contributed by atoms with Crippen molar-refractivity contribution in [3.05, 3.63) is 34.1 Å². The van der Waals surface area contributed by atoms with Crippen LogP contribution >= 0.6 is 15.9 Å². The van der Waals surface area contributed by atoms with Crippen LogP contribution in [-0.2, 0) is 5.54 Å². The van der Waals surface area contributed by atoms with Crippen LogP contribution in [-0.4, -0.2) is 42.8 Å². The lowest BCUT2D eigenvalue weighted by Crippen LogP contribution is -2.54. The van der Waals surface area contributed by atoms with E-state index in [1.807, 2.05) is 6.92 Å². The third kappa shape index (κ3) is 2.59. The summed E-state index contributed by atoms with van der Waals surface area (Å²) in [5.41, 5.74) is 0.471. The Morgan fingerprint density at radius 1 is 1.44 bits per heavy atom. The van der Waals surface area contributed by atoms with Crippen LogP contribution in [0.5, 0.6) is 0 Å². The van der Waals surface area contributed by atoms with Gasteiger partial charge in [0, 0.05) is 26.2 Å². The summed E-state index contributed by atoms with van der Waals surface area (Å²) < 4.78 is 13.7. The summed E-state index contributed by atoms with van der Waals surface area (Å²) in [6.45, 7) is 5.61. The Morgan fingerprint density at radius 2 is 2.11 bits per heavy atom. The van der Waals surface area contributed by atoms with Gasteiger partial charge in [-0.15, -0.1) is 0 Å². The molecule has 3 nitrogen and oxygen atoms in total. The molecule has 0 radical (unpaired) electrons. The summed E-state index contributed by atoms with van der Waals surface area (Å²) in [7, 11) is 0. The largest absolute Gasteiger partial charge is 0.394 e. The summed E-state index contributed by atoms with van der Waals surface area (Å²) >= 11 is 3.20. The number of hydrogen-bond donors (Lipinski definition) is 2. The van der Waals surface area contributed by atoms with E-state index in [0.717, 1.165) is 31.7 Å². The fourth-order valence-corrected chi connectivity index (χ4v) is 2.74. The molecule has 0 spiro atoms. The van der Waals surface area contributed by atoms with E-state index in [2.05, 4.69) is 26.1 Å². The lowest BCUT2D eigenvalue weighted by Gasteiger charge is -2.43. The number of halogens is 2. The normalized spacial score (nSPS) is 20.7. The Hall–Kier alpha value is -0.490. The Kier molecular flexibility index (Phi) is 4.37. The Morgan fingerprint density at radius 3 is 2.67 bits per heavy atom. The van der Waals surface area contributed by atoms with Crippen molar-refractivity contribution in [1.29, 1.82) is 0 Å². The van der Waals surface area contributed by atoms with Gasteiger partial charge in [0.2, 0.25) is 0 Å². The van der Waals surface area contributed by atoms with Crippen LogP contribution in [0.15, 0.2) is 22.7 Å². The van der Waals surface area contributed by atoms with Gasteiger partial charge < -0.3 is 10.4 Å². The molecule has 0 amide bonds. The number of aliphatic hydroxyl groups excluding tert-OH is 1. The molecule has 1 fully saturated rings. The molecule has 1 aromatic rings. The highest BCUT2D eigenvalue weighted by atomic mass is 79.9. The number of benzene rings is 1. The van der Waals surface area contributed by atoms with E-state index in [0.29, 0.717) is 4.47 Å². The third-order valence-electron chi connectivity index (χ3n) is 3.66. The maximum absolute atomic E-state index is 13.3. The first-order chi connectivity index (χ1) is 8.58. The van der Waals surface area contributed by atoms with Crippen LogP contribution in [0.4, 0.5) is 4.39 Å². The Labute approximate surface area is 115 Å². The highest BCUT2D eigenvalue weighted by molar-refractivity contribution is 9.10. The van der Waals surface area contributed by atoms with E-state index >= 15 is 0 Å². The number of rotatable bonds is 3. The minimum absolute atomic E-state index is 0.0189. The average molecular weight is 317 g/mol. The van der Waals surface area contributed by atoms with Gasteiger partial charge >= 0.3 is 0 Å². The fraction of sp³-hybridized carbons (Fsp3) is 0.538. The quantitative estimate of drug-likeness (QED) is 0.891. The second-order valence-corrected chi connectivity index (χ2v) is 5.65. The summed E-state index contributed by atoms with van der Waals surface area (Å²) in [5, 5.41) is 13.1. The zero-order chi connectivity index (χ0) is 13.2. The molecule has 2 rings (SSSR count). The molecule has 1 saturated heterocycles. The second-order valence-electron chi connectivity index (χ2n) is 4.80. The highest BCUT2D eigenvalue weighted by Gasteiger charge is 2.34. The molecule has 0 bridgehead atoms. The molecule has 100 valence electrons. The molecule has 1 atom stereocenters. The van der Waals surface area contributed by atoms with E-state index in [1.54, 1.807) is 12.1 Å². The predicted molar refractivity (Wildman–Crippen MR) is 73.0 cm³/mol. The van der Waals surface area contributed by atoms with Crippen LogP contribution in [0.1, 0.15) is 12.5 Å². The molecule has 0 aromatic heterocycles. The smallest absolute Gasteiger partial charge is 0.137 e. The molecule has 1 aliphatic rings. The average Bonchev–Trinajstić information content (AvgIpc) is 2.42. The van der Waals surface area contributed by atoms with Crippen LogP contribution in [0, 0.1) is 5.82 Å². The molecular formula is C13H18BrFN2O. The molecule has 1 aliphatic heterocycles. The van der Waals surface area contributed by atoms with Crippen LogP contribution in [0.25, 0.3) is 0 Å². The van der Waals surface area contributed by atoms with Gasteiger partial charge in [-0.25, -0.2) is 4.39 Å². The van der Waals surface area contributed by atoms with Gasteiger partial charge in [-0.1, -0.05) is 6.07 Å². The first-order valence-electron chi connectivity index (χ1n) is 6.10. The standard InChI is InChI=1S/C13H18BrFN2O/c1-13(9-18,17-6-4-16-5-7-17)10-2-3-12(15)11(14)8-10/h2-3,8,16,18H,4-7,9H2,1H3. The minimum Gasteiger partial charge on any atom is -0.394 e. The molecule has 0 saturated carbocycles. The maximum atomic E-state index is 13.3. The summed E-state index contributed by atoms with van der Waals surface area (Å²) in [5.74, 6) is -0.278. The molecule has 1 aromatic carbocycles. The zero-order valence-corrected chi connectivity index (χ0v) is 12.0. The van der Waals surface area contributed by atoms with E-state index < -0.39 is 5.54 Å². The second kappa shape index (κ2) is 5.65.